The van der Waals surface area contributed by atoms with Crippen molar-refractivity contribution in [1.82, 2.24) is 30.2 Å². The van der Waals surface area contributed by atoms with Gasteiger partial charge in [0.05, 0.1) is 5.52 Å². The van der Waals surface area contributed by atoms with Gasteiger partial charge in [-0.05, 0) is 56.2 Å². The van der Waals surface area contributed by atoms with Gasteiger partial charge in [0.2, 0.25) is 18.6 Å². The van der Waals surface area contributed by atoms with Crippen molar-refractivity contribution in [2.24, 2.45) is 0 Å². The molecule has 1 N–H and O–H groups in total. The molecule has 0 saturated heterocycles. The Kier molecular flexibility index (Phi) is 6.95. The maximum absolute atomic E-state index is 14.0. The highest BCUT2D eigenvalue weighted by Gasteiger charge is 2.34. The van der Waals surface area contributed by atoms with Crippen LogP contribution < -0.4 is 14.8 Å². The van der Waals surface area contributed by atoms with Crippen molar-refractivity contribution >= 4 is 22.8 Å². The first kappa shape index (κ1) is 25.2. The van der Waals surface area contributed by atoms with E-state index >= 15 is 0 Å². The van der Waals surface area contributed by atoms with Crippen LogP contribution in [0.2, 0.25) is 0 Å². The van der Waals surface area contributed by atoms with Gasteiger partial charge in [0, 0.05) is 30.0 Å². The zero-order valence-corrected chi connectivity index (χ0v) is 21.6. The number of carbonyl (C=O) groups excluding carboxylic acids is 2. The van der Waals surface area contributed by atoms with E-state index in [0.29, 0.717) is 22.6 Å². The molecule has 1 unspecified atom stereocenters. The first-order chi connectivity index (χ1) is 18.3. The van der Waals surface area contributed by atoms with Gasteiger partial charge in [0.15, 0.2) is 11.5 Å². The van der Waals surface area contributed by atoms with Gasteiger partial charge in [0.1, 0.15) is 18.1 Å². The van der Waals surface area contributed by atoms with Gasteiger partial charge in [0.25, 0.3) is 0 Å². The average Bonchev–Trinajstić information content (AvgIpc) is 3.55. The molecule has 4 aromatic rings. The monoisotopic (exact) mass is 514 g/mol. The third-order valence-corrected chi connectivity index (χ3v) is 6.72. The number of amides is 2. The number of para-hydroxylation sites is 1. The summed E-state index contributed by atoms with van der Waals surface area (Å²) >= 11 is 0. The molecule has 5 rings (SSSR count). The molecule has 2 aromatic heterocycles. The van der Waals surface area contributed by atoms with E-state index in [4.69, 9.17) is 9.47 Å². The highest BCUT2D eigenvalue weighted by atomic mass is 16.7. The number of nitrogens with one attached hydrogen (secondary N) is 1. The van der Waals surface area contributed by atoms with Gasteiger partial charge in [-0.2, -0.15) is 0 Å². The van der Waals surface area contributed by atoms with E-state index in [-0.39, 0.29) is 31.7 Å². The lowest BCUT2D eigenvalue weighted by molar-refractivity contribution is -0.143. The van der Waals surface area contributed by atoms with Crippen molar-refractivity contribution in [3.63, 3.8) is 0 Å². The summed E-state index contributed by atoms with van der Waals surface area (Å²) in [4.78, 5) is 33.7. The molecule has 196 valence electrons. The minimum Gasteiger partial charge on any atom is -0.454 e. The minimum absolute atomic E-state index is 0.0910. The molecular formula is C28H30N6O4. The SMILES string of the molecule is CCC(C)(C)NC(=O)C(c1cccnc1)N(Cc1ccc2c(c1)OCO2)C(=O)Cn1nnc2ccccc21. The van der Waals surface area contributed by atoms with Gasteiger partial charge in [-0.1, -0.05) is 36.4 Å². The number of benzene rings is 2. The fraction of sp³-hybridized carbons (Fsp3) is 0.321. The second kappa shape index (κ2) is 10.5. The van der Waals surface area contributed by atoms with E-state index < -0.39 is 11.6 Å². The van der Waals surface area contributed by atoms with Crippen LogP contribution in [0.5, 0.6) is 11.5 Å². The van der Waals surface area contributed by atoms with Gasteiger partial charge in [-0.25, -0.2) is 4.68 Å². The van der Waals surface area contributed by atoms with Crippen LogP contribution in [0, 0.1) is 0 Å². The molecular weight excluding hydrogens is 484 g/mol. The Bertz CT molecular complexity index is 1450. The van der Waals surface area contributed by atoms with Crippen molar-refractivity contribution in [3.05, 3.63) is 78.1 Å². The third-order valence-electron chi connectivity index (χ3n) is 6.72. The normalized spacial score (nSPS) is 13.3. The Morgan fingerprint density at radius 1 is 1.11 bits per heavy atom. The number of fused-ring (bicyclic) bond motifs is 2. The van der Waals surface area contributed by atoms with Gasteiger partial charge < -0.3 is 19.7 Å². The van der Waals surface area contributed by atoms with Crippen molar-refractivity contribution < 1.29 is 19.1 Å². The highest BCUT2D eigenvalue weighted by Crippen LogP contribution is 2.34. The molecule has 1 aliphatic heterocycles. The summed E-state index contributed by atoms with van der Waals surface area (Å²) in [6.45, 7) is 6.12. The predicted octanol–water partition coefficient (Wildman–Crippen LogP) is 3.63. The number of carbonyl (C=O) groups is 2. The number of aromatic nitrogens is 4. The lowest BCUT2D eigenvalue weighted by Crippen LogP contribution is -2.50. The topological polar surface area (TPSA) is 111 Å². The quantitative estimate of drug-likeness (QED) is 0.363. The summed E-state index contributed by atoms with van der Waals surface area (Å²) in [6, 6.07) is 15.6. The molecule has 0 fully saturated rings. The summed E-state index contributed by atoms with van der Waals surface area (Å²) in [7, 11) is 0. The van der Waals surface area contributed by atoms with E-state index in [1.54, 1.807) is 34.1 Å². The maximum atomic E-state index is 14.0. The number of pyridine rings is 1. The molecule has 0 saturated carbocycles. The minimum atomic E-state index is -0.928. The van der Waals surface area contributed by atoms with Crippen molar-refractivity contribution in [2.45, 2.75) is 51.9 Å². The van der Waals surface area contributed by atoms with Crippen LogP contribution in [-0.2, 0) is 22.7 Å². The standard InChI is InChI=1S/C28H30N6O4/c1-4-28(2,3)30-27(36)26(20-8-7-13-29-15-20)33(16-19-11-12-23-24(14-19)38-18-37-23)25(35)17-34-22-10-6-5-9-21(22)31-32-34/h5-15,26H,4,16-18H2,1-3H3,(H,30,36). The number of hydrogen-bond donors (Lipinski definition) is 1. The van der Waals surface area contributed by atoms with Crippen molar-refractivity contribution in [3.8, 4) is 11.5 Å². The lowest BCUT2D eigenvalue weighted by Gasteiger charge is -2.34. The average molecular weight is 515 g/mol. The zero-order chi connectivity index (χ0) is 26.7. The summed E-state index contributed by atoms with van der Waals surface area (Å²) in [5, 5.41) is 11.5. The van der Waals surface area contributed by atoms with Crippen molar-refractivity contribution in [2.75, 3.05) is 6.79 Å². The first-order valence-corrected chi connectivity index (χ1v) is 12.5. The summed E-state index contributed by atoms with van der Waals surface area (Å²) in [5.41, 5.74) is 2.36. The summed E-state index contributed by atoms with van der Waals surface area (Å²) < 4.78 is 12.5. The molecule has 0 spiro atoms. The van der Waals surface area contributed by atoms with Crippen LogP contribution in [-0.4, -0.2) is 49.0 Å². The van der Waals surface area contributed by atoms with Crippen LogP contribution in [0.3, 0.4) is 0 Å². The number of rotatable bonds is 9. The molecule has 1 aliphatic rings. The molecule has 2 aromatic carbocycles. The molecule has 1 atom stereocenters. The Hall–Kier alpha value is -4.47. The van der Waals surface area contributed by atoms with Crippen LogP contribution in [0.15, 0.2) is 67.0 Å². The van der Waals surface area contributed by atoms with Crippen LogP contribution in [0.25, 0.3) is 11.0 Å². The Balaban J connectivity index is 1.54. The molecule has 10 heteroatoms. The van der Waals surface area contributed by atoms with Gasteiger partial charge in [-0.3, -0.25) is 14.6 Å². The second-order valence-corrected chi connectivity index (χ2v) is 9.86. The Morgan fingerprint density at radius 3 is 2.71 bits per heavy atom. The lowest BCUT2D eigenvalue weighted by atomic mass is 9.99. The molecule has 3 heterocycles. The van der Waals surface area contributed by atoms with E-state index in [9.17, 15) is 9.59 Å². The molecule has 0 aliphatic carbocycles. The van der Waals surface area contributed by atoms with Gasteiger partial charge in [-0.15, -0.1) is 5.10 Å². The molecule has 10 nitrogen and oxygen atoms in total. The number of ether oxygens (including phenoxy) is 2. The third kappa shape index (κ3) is 5.29. The van der Waals surface area contributed by atoms with Crippen LogP contribution in [0.4, 0.5) is 0 Å². The van der Waals surface area contributed by atoms with E-state index in [2.05, 4.69) is 20.6 Å². The highest BCUT2D eigenvalue weighted by molar-refractivity contribution is 5.89. The smallest absolute Gasteiger partial charge is 0.247 e. The van der Waals surface area contributed by atoms with Crippen LogP contribution >= 0.6 is 0 Å². The number of nitrogens with zero attached hydrogens (tertiary/aromatic N) is 5. The molecule has 2 amide bonds. The fourth-order valence-electron chi connectivity index (χ4n) is 4.31. The Labute approximate surface area is 220 Å². The Morgan fingerprint density at radius 2 is 1.92 bits per heavy atom. The summed E-state index contributed by atoms with van der Waals surface area (Å²) in [5.74, 6) is 0.664. The van der Waals surface area contributed by atoms with E-state index in [1.165, 1.54) is 0 Å². The first-order valence-electron chi connectivity index (χ1n) is 12.5. The maximum Gasteiger partial charge on any atom is 0.247 e. The van der Waals surface area contributed by atoms with E-state index in [0.717, 1.165) is 17.5 Å². The second-order valence-electron chi connectivity index (χ2n) is 9.86. The molecule has 0 radical (unpaired) electrons. The van der Waals surface area contributed by atoms with Gasteiger partial charge >= 0.3 is 0 Å². The fourth-order valence-corrected chi connectivity index (χ4v) is 4.31. The predicted molar refractivity (Wildman–Crippen MR) is 140 cm³/mol. The number of hydrogen-bond acceptors (Lipinski definition) is 7. The largest absolute Gasteiger partial charge is 0.454 e. The molecule has 38 heavy (non-hydrogen) atoms. The zero-order valence-electron chi connectivity index (χ0n) is 21.6. The van der Waals surface area contributed by atoms with Crippen molar-refractivity contribution in [1.29, 1.82) is 0 Å². The molecule has 0 bridgehead atoms. The van der Waals surface area contributed by atoms with E-state index in [1.807, 2.05) is 63.2 Å². The van der Waals surface area contributed by atoms with Crippen LogP contribution in [0.1, 0.15) is 44.4 Å². The summed E-state index contributed by atoms with van der Waals surface area (Å²) in [6.07, 6.45) is 3.98.